The summed E-state index contributed by atoms with van der Waals surface area (Å²) in [5.41, 5.74) is 0. The van der Waals surface area contributed by atoms with Gasteiger partial charge in [0.25, 0.3) is 0 Å². The molecule has 1 saturated carbocycles. The van der Waals surface area contributed by atoms with Crippen molar-refractivity contribution in [3.05, 3.63) is 0 Å². The molecule has 1 aliphatic rings. The predicted octanol–water partition coefficient (Wildman–Crippen LogP) is 2.66. The van der Waals surface area contributed by atoms with Crippen molar-refractivity contribution in [1.82, 2.24) is 5.32 Å². The summed E-state index contributed by atoms with van der Waals surface area (Å²) in [6.45, 7) is 3.44. The molecule has 0 saturated heterocycles. The number of nitrogens with one attached hydrogen (secondary N) is 1. The minimum absolute atomic E-state index is 0.844. The highest BCUT2D eigenvalue weighted by Crippen LogP contribution is 2.17. The summed E-state index contributed by atoms with van der Waals surface area (Å²) in [5, 5.41) is 3.64. The molecule has 0 aliphatic heterocycles. The van der Waals surface area contributed by atoms with Crippen LogP contribution in [0.15, 0.2) is 0 Å². The number of hydrogen-bond donors (Lipinski definition) is 1. The van der Waals surface area contributed by atoms with Gasteiger partial charge in [-0.3, -0.25) is 0 Å². The highest BCUT2D eigenvalue weighted by atomic mass is 32.2. The molecular weight excluding hydrogens is 166 g/mol. The zero-order chi connectivity index (χ0) is 8.65. The van der Waals surface area contributed by atoms with Gasteiger partial charge in [-0.05, 0) is 18.6 Å². The van der Waals surface area contributed by atoms with Crippen LogP contribution in [-0.4, -0.2) is 24.1 Å². The molecule has 1 fully saturated rings. The number of thioether (sulfide) groups is 1. The van der Waals surface area contributed by atoms with Crippen LogP contribution in [0.25, 0.3) is 0 Å². The Hall–Kier alpha value is 0.310. The first-order valence-corrected chi connectivity index (χ1v) is 6.40. The maximum atomic E-state index is 3.64. The summed E-state index contributed by atoms with van der Waals surface area (Å²) >= 11 is 2.03. The highest BCUT2D eigenvalue weighted by Gasteiger charge is 2.11. The fourth-order valence-electron chi connectivity index (χ4n) is 1.79. The summed E-state index contributed by atoms with van der Waals surface area (Å²) in [7, 11) is 0. The maximum absolute atomic E-state index is 3.64. The van der Waals surface area contributed by atoms with Crippen LogP contribution in [-0.2, 0) is 0 Å². The van der Waals surface area contributed by atoms with Crippen molar-refractivity contribution in [2.75, 3.05) is 18.1 Å². The minimum atomic E-state index is 0.844. The molecule has 0 bridgehead atoms. The van der Waals surface area contributed by atoms with Crippen LogP contribution in [0.5, 0.6) is 0 Å². The molecule has 0 radical (unpaired) electrons. The van der Waals surface area contributed by atoms with E-state index in [-0.39, 0.29) is 0 Å². The number of hydrogen-bond acceptors (Lipinski definition) is 2. The fraction of sp³-hybridized carbons (Fsp3) is 1.00. The SMILES string of the molecule is CCSCCNC1CCCCC1. The first kappa shape index (κ1) is 10.4. The van der Waals surface area contributed by atoms with Crippen LogP contribution in [0.1, 0.15) is 39.0 Å². The molecule has 0 aromatic rings. The van der Waals surface area contributed by atoms with Crippen molar-refractivity contribution in [3.63, 3.8) is 0 Å². The molecule has 1 aliphatic carbocycles. The summed E-state index contributed by atoms with van der Waals surface area (Å²) < 4.78 is 0. The Bertz CT molecular complexity index is 100. The van der Waals surface area contributed by atoms with Crippen LogP contribution < -0.4 is 5.32 Å². The third kappa shape index (κ3) is 4.36. The normalized spacial score (nSPS) is 19.8. The average molecular weight is 187 g/mol. The van der Waals surface area contributed by atoms with E-state index < -0.39 is 0 Å². The molecule has 2 heteroatoms. The molecule has 0 unspecified atom stereocenters. The molecule has 0 heterocycles. The van der Waals surface area contributed by atoms with Crippen molar-refractivity contribution >= 4 is 11.8 Å². The van der Waals surface area contributed by atoms with E-state index in [1.807, 2.05) is 11.8 Å². The van der Waals surface area contributed by atoms with Crippen molar-refractivity contribution in [3.8, 4) is 0 Å². The lowest BCUT2D eigenvalue weighted by atomic mass is 9.96. The van der Waals surface area contributed by atoms with Gasteiger partial charge in [0.05, 0.1) is 0 Å². The first-order chi connectivity index (χ1) is 5.93. The molecule has 0 aromatic carbocycles. The molecule has 0 amide bonds. The quantitative estimate of drug-likeness (QED) is 0.664. The standard InChI is InChI=1S/C10H21NS/c1-2-12-9-8-11-10-6-4-3-5-7-10/h10-11H,2-9H2,1H3. The Kier molecular flexibility index (Phi) is 5.88. The van der Waals surface area contributed by atoms with Gasteiger partial charge in [-0.2, -0.15) is 11.8 Å². The zero-order valence-electron chi connectivity index (χ0n) is 8.14. The molecule has 0 spiro atoms. The van der Waals surface area contributed by atoms with E-state index in [1.165, 1.54) is 50.2 Å². The highest BCUT2D eigenvalue weighted by molar-refractivity contribution is 7.99. The lowest BCUT2D eigenvalue weighted by molar-refractivity contribution is 0.381. The van der Waals surface area contributed by atoms with Crippen molar-refractivity contribution in [1.29, 1.82) is 0 Å². The van der Waals surface area contributed by atoms with Crippen LogP contribution in [0.4, 0.5) is 0 Å². The van der Waals surface area contributed by atoms with Crippen LogP contribution >= 0.6 is 11.8 Å². The second-order valence-electron chi connectivity index (χ2n) is 3.49. The maximum Gasteiger partial charge on any atom is 0.00673 e. The Morgan fingerprint density at radius 3 is 2.67 bits per heavy atom. The monoisotopic (exact) mass is 187 g/mol. The van der Waals surface area contributed by atoms with Gasteiger partial charge in [0, 0.05) is 18.3 Å². The topological polar surface area (TPSA) is 12.0 Å². The van der Waals surface area contributed by atoms with Crippen molar-refractivity contribution in [2.45, 2.75) is 45.1 Å². The van der Waals surface area contributed by atoms with Gasteiger partial charge in [-0.1, -0.05) is 26.2 Å². The predicted molar refractivity (Wildman–Crippen MR) is 57.9 cm³/mol. The first-order valence-electron chi connectivity index (χ1n) is 5.24. The van der Waals surface area contributed by atoms with E-state index in [2.05, 4.69) is 12.2 Å². The van der Waals surface area contributed by atoms with Crippen molar-refractivity contribution in [2.24, 2.45) is 0 Å². The molecule has 1 N–H and O–H groups in total. The fourth-order valence-corrected chi connectivity index (χ4v) is 2.34. The van der Waals surface area contributed by atoms with Crippen LogP contribution in [0.3, 0.4) is 0 Å². The molecule has 0 aromatic heterocycles. The Morgan fingerprint density at radius 1 is 1.25 bits per heavy atom. The Morgan fingerprint density at radius 2 is 2.00 bits per heavy atom. The van der Waals surface area contributed by atoms with E-state index in [0.717, 1.165) is 6.04 Å². The van der Waals surface area contributed by atoms with Gasteiger partial charge in [0.1, 0.15) is 0 Å². The van der Waals surface area contributed by atoms with E-state index in [0.29, 0.717) is 0 Å². The smallest absolute Gasteiger partial charge is 0.00673 e. The number of rotatable bonds is 5. The van der Waals surface area contributed by atoms with E-state index in [9.17, 15) is 0 Å². The lowest BCUT2D eigenvalue weighted by Crippen LogP contribution is -2.32. The summed E-state index contributed by atoms with van der Waals surface area (Å²) in [4.78, 5) is 0. The van der Waals surface area contributed by atoms with Crippen molar-refractivity contribution < 1.29 is 0 Å². The summed E-state index contributed by atoms with van der Waals surface area (Å²) in [6, 6.07) is 0.844. The second-order valence-corrected chi connectivity index (χ2v) is 4.88. The van der Waals surface area contributed by atoms with Crippen LogP contribution in [0, 0.1) is 0 Å². The van der Waals surface area contributed by atoms with Crippen LogP contribution in [0.2, 0.25) is 0 Å². The van der Waals surface area contributed by atoms with Gasteiger partial charge in [0.15, 0.2) is 0 Å². The Labute approximate surface area is 80.7 Å². The molecule has 0 atom stereocenters. The minimum Gasteiger partial charge on any atom is -0.313 e. The van der Waals surface area contributed by atoms with E-state index in [1.54, 1.807) is 0 Å². The average Bonchev–Trinajstić information content (AvgIpc) is 2.14. The Balaban J connectivity index is 1.91. The summed E-state index contributed by atoms with van der Waals surface area (Å²) in [6.07, 6.45) is 7.17. The largest absolute Gasteiger partial charge is 0.313 e. The zero-order valence-corrected chi connectivity index (χ0v) is 8.96. The lowest BCUT2D eigenvalue weighted by Gasteiger charge is -2.22. The molecule has 1 rings (SSSR count). The van der Waals surface area contributed by atoms with Gasteiger partial charge < -0.3 is 5.32 Å². The third-order valence-electron chi connectivity index (χ3n) is 2.49. The van der Waals surface area contributed by atoms with Gasteiger partial charge >= 0.3 is 0 Å². The van der Waals surface area contributed by atoms with Gasteiger partial charge in [-0.25, -0.2) is 0 Å². The third-order valence-corrected chi connectivity index (χ3v) is 3.39. The molecule has 1 nitrogen and oxygen atoms in total. The molecule has 72 valence electrons. The second kappa shape index (κ2) is 6.79. The van der Waals surface area contributed by atoms with Gasteiger partial charge in [-0.15, -0.1) is 0 Å². The summed E-state index contributed by atoms with van der Waals surface area (Å²) in [5.74, 6) is 2.54. The van der Waals surface area contributed by atoms with E-state index >= 15 is 0 Å². The molecular formula is C10H21NS. The van der Waals surface area contributed by atoms with E-state index in [4.69, 9.17) is 0 Å². The molecule has 12 heavy (non-hydrogen) atoms. The van der Waals surface area contributed by atoms with Gasteiger partial charge in [0.2, 0.25) is 0 Å².